The molecule has 0 aliphatic heterocycles. The fraction of sp³-hybridized carbons (Fsp3) is 0.700. The van der Waals surface area contributed by atoms with E-state index in [1.165, 1.54) is 80.3 Å². The second kappa shape index (κ2) is 14.3. The predicted molar refractivity (Wildman–Crippen MR) is 106 cm³/mol. The summed E-state index contributed by atoms with van der Waals surface area (Å²) in [5.74, 6) is 0. The van der Waals surface area contributed by atoms with Crippen molar-refractivity contribution in [3.8, 4) is 0 Å². The molecule has 1 nitrogen and oxygen atoms in total. The van der Waals surface area contributed by atoms with Gasteiger partial charge in [0.25, 0.3) is 0 Å². The van der Waals surface area contributed by atoms with Crippen molar-refractivity contribution in [2.45, 2.75) is 72.8 Å². The third kappa shape index (κ3) is 9.70. The van der Waals surface area contributed by atoms with Gasteiger partial charge in [-0.2, -0.15) is 9.90 Å². The number of rotatable bonds is 11. The van der Waals surface area contributed by atoms with Crippen molar-refractivity contribution in [3.05, 3.63) is 35.4 Å². The van der Waals surface area contributed by atoms with E-state index in [0.29, 0.717) is 0 Å². The van der Waals surface area contributed by atoms with Crippen LogP contribution in [0.2, 0.25) is 0 Å². The van der Waals surface area contributed by atoms with E-state index in [2.05, 4.69) is 52.0 Å². The van der Waals surface area contributed by atoms with Crippen molar-refractivity contribution in [3.63, 3.8) is 0 Å². The first-order valence-electron chi connectivity index (χ1n) is 9.06. The third-order valence-corrected chi connectivity index (χ3v) is 4.60. The van der Waals surface area contributed by atoms with Gasteiger partial charge in [-0.3, -0.25) is 0 Å². The zero-order chi connectivity index (χ0) is 15.6. The van der Waals surface area contributed by atoms with E-state index in [0.717, 1.165) is 0 Å². The number of nitrogens with zero attached hydrogens (tertiary/aromatic N) is 1. The molecule has 3 heteroatoms. The third-order valence-electron chi connectivity index (χ3n) is 4.60. The normalized spacial score (nSPS) is 10.8. The molecule has 0 aliphatic carbocycles. The number of unbranched alkanes of at least 4 members (excludes halogenated alkanes) is 3. The van der Waals surface area contributed by atoms with Crippen LogP contribution in [0.4, 0.5) is 0 Å². The Kier molecular flexibility index (Phi) is 15.6. The Hall–Kier alpha value is -0.100. The summed E-state index contributed by atoms with van der Waals surface area (Å²) < 4.78 is 1.30. The molecule has 0 N–H and O–H groups in total. The maximum atomic E-state index is 2.34. The Morgan fingerprint density at radius 2 is 1.13 bits per heavy atom. The van der Waals surface area contributed by atoms with Gasteiger partial charge >= 0.3 is 0 Å². The van der Waals surface area contributed by atoms with Gasteiger partial charge in [0.05, 0.1) is 19.6 Å². The monoisotopic (exact) mass is 359 g/mol. The molecule has 1 aromatic rings. The van der Waals surface area contributed by atoms with Gasteiger partial charge in [-0.25, -0.2) is 0 Å². The van der Waals surface area contributed by atoms with Gasteiger partial charge in [-0.1, -0.05) is 69.9 Å². The molecule has 1 atom stereocenters. The van der Waals surface area contributed by atoms with Gasteiger partial charge in [0.15, 0.2) is 0 Å². The zero-order valence-corrected chi connectivity index (χ0v) is 18.1. The van der Waals surface area contributed by atoms with Crippen LogP contribution in [0.1, 0.15) is 70.4 Å². The first-order chi connectivity index (χ1) is 10.2. The van der Waals surface area contributed by atoms with Gasteiger partial charge in [-0.05, 0) is 26.2 Å². The molecule has 0 bridgehead atoms. The number of benzene rings is 1. The van der Waals surface area contributed by atoms with Crippen molar-refractivity contribution in [2.24, 2.45) is 0 Å². The van der Waals surface area contributed by atoms with Crippen LogP contribution in [-0.4, -0.2) is 24.1 Å². The van der Waals surface area contributed by atoms with Gasteiger partial charge in [0.1, 0.15) is 6.54 Å². The van der Waals surface area contributed by atoms with E-state index in [4.69, 9.17) is 0 Å². The second-order valence-corrected chi connectivity index (χ2v) is 6.72. The van der Waals surface area contributed by atoms with E-state index >= 15 is 0 Å². The SMILES string of the molecule is CCCC[N+](CCCC)(CCCC)Cc1ccc(C)cc1.P.[Cl-]. The Morgan fingerprint density at radius 3 is 1.48 bits per heavy atom. The van der Waals surface area contributed by atoms with Gasteiger partial charge in [0, 0.05) is 5.56 Å². The van der Waals surface area contributed by atoms with E-state index in [9.17, 15) is 0 Å². The lowest BCUT2D eigenvalue weighted by Gasteiger charge is -2.39. The molecule has 0 radical (unpaired) electrons. The van der Waals surface area contributed by atoms with Crippen LogP contribution < -0.4 is 12.4 Å². The molecule has 0 heterocycles. The highest BCUT2D eigenvalue weighted by molar-refractivity contribution is 6.92. The van der Waals surface area contributed by atoms with Crippen molar-refractivity contribution in [1.29, 1.82) is 0 Å². The molecule has 0 spiro atoms. The first-order valence-corrected chi connectivity index (χ1v) is 9.06. The van der Waals surface area contributed by atoms with Crippen LogP contribution in [0.15, 0.2) is 24.3 Å². The summed E-state index contributed by atoms with van der Waals surface area (Å²) in [5, 5.41) is 0. The average Bonchev–Trinajstić information content (AvgIpc) is 2.51. The fourth-order valence-corrected chi connectivity index (χ4v) is 3.13. The van der Waals surface area contributed by atoms with Crippen LogP contribution in [-0.2, 0) is 6.54 Å². The Labute approximate surface area is 154 Å². The maximum absolute atomic E-state index is 2.34. The van der Waals surface area contributed by atoms with Crippen LogP contribution in [0.3, 0.4) is 0 Å². The lowest BCUT2D eigenvalue weighted by Crippen LogP contribution is -3.00. The molecule has 136 valence electrons. The predicted octanol–water partition coefficient (Wildman–Crippen LogP) is 2.77. The second-order valence-electron chi connectivity index (χ2n) is 6.72. The highest BCUT2D eigenvalue weighted by Gasteiger charge is 2.26. The molecule has 1 aromatic carbocycles. The standard InChI is InChI=1S/C20H36N.ClH.H3P/c1-5-8-15-21(16-9-6-2,17-10-7-3)18-20-13-11-19(4)12-14-20;;/h11-14H,5-10,15-18H2,1-4H3;1H;1H3/q+1;;/p-1. The number of hydrogen-bond acceptors (Lipinski definition) is 0. The molecule has 0 aromatic heterocycles. The Bertz CT molecular complexity index is 356. The fourth-order valence-electron chi connectivity index (χ4n) is 3.13. The lowest BCUT2D eigenvalue weighted by atomic mass is 10.1. The smallest absolute Gasteiger partial charge is 0.104 e. The van der Waals surface area contributed by atoms with Crippen LogP contribution in [0.5, 0.6) is 0 Å². The number of hydrogen-bond donors (Lipinski definition) is 0. The Morgan fingerprint density at radius 1 is 0.739 bits per heavy atom. The number of quaternary nitrogens is 1. The van der Waals surface area contributed by atoms with Crippen molar-refractivity contribution < 1.29 is 16.9 Å². The summed E-state index contributed by atoms with van der Waals surface area (Å²) in [6.45, 7) is 14.4. The topological polar surface area (TPSA) is 0 Å². The van der Waals surface area contributed by atoms with Crippen molar-refractivity contribution in [2.75, 3.05) is 19.6 Å². The highest BCUT2D eigenvalue weighted by Crippen LogP contribution is 2.20. The molecule has 0 saturated carbocycles. The minimum Gasteiger partial charge on any atom is -1.00 e. The van der Waals surface area contributed by atoms with E-state index in [1.54, 1.807) is 0 Å². The maximum Gasteiger partial charge on any atom is 0.104 e. The Balaban J connectivity index is 0. The summed E-state index contributed by atoms with van der Waals surface area (Å²) in [5.41, 5.74) is 2.89. The quantitative estimate of drug-likeness (QED) is 0.421. The van der Waals surface area contributed by atoms with Crippen LogP contribution >= 0.6 is 9.90 Å². The minimum atomic E-state index is 0. The number of aryl methyl sites for hydroxylation is 1. The van der Waals surface area contributed by atoms with Crippen LogP contribution in [0, 0.1) is 6.92 Å². The molecule has 23 heavy (non-hydrogen) atoms. The summed E-state index contributed by atoms with van der Waals surface area (Å²) >= 11 is 0. The highest BCUT2D eigenvalue weighted by atomic mass is 35.5. The van der Waals surface area contributed by atoms with Gasteiger partial charge < -0.3 is 16.9 Å². The van der Waals surface area contributed by atoms with Gasteiger partial charge in [-0.15, -0.1) is 0 Å². The largest absolute Gasteiger partial charge is 1.00 e. The molecule has 1 rings (SSSR count). The molecule has 0 aliphatic rings. The molecule has 0 fully saturated rings. The van der Waals surface area contributed by atoms with Crippen molar-refractivity contribution >= 4 is 9.90 Å². The first kappa shape index (κ1) is 25.1. The molecule has 1 unspecified atom stereocenters. The van der Waals surface area contributed by atoms with E-state index in [1.807, 2.05) is 0 Å². The van der Waals surface area contributed by atoms with E-state index < -0.39 is 0 Å². The summed E-state index contributed by atoms with van der Waals surface area (Å²) in [7, 11) is 0. The summed E-state index contributed by atoms with van der Waals surface area (Å²) in [6.07, 6.45) is 8.02. The summed E-state index contributed by atoms with van der Waals surface area (Å²) in [4.78, 5) is 0. The molecule has 0 saturated heterocycles. The zero-order valence-electron chi connectivity index (χ0n) is 15.9. The summed E-state index contributed by atoms with van der Waals surface area (Å²) in [6, 6.07) is 9.21. The van der Waals surface area contributed by atoms with Gasteiger partial charge in [0.2, 0.25) is 0 Å². The van der Waals surface area contributed by atoms with E-state index in [-0.39, 0.29) is 22.3 Å². The lowest BCUT2D eigenvalue weighted by molar-refractivity contribution is -0.941. The van der Waals surface area contributed by atoms with Crippen LogP contribution in [0.25, 0.3) is 0 Å². The number of halogens is 1. The molecular formula is C20H39ClNP. The average molecular weight is 360 g/mol. The molecular weight excluding hydrogens is 321 g/mol. The minimum absolute atomic E-state index is 0. The van der Waals surface area contributed by atoms with Crippen molar-refractivity contribution in [1.82, 2.24) is 0 Å². The molecule has 0 amide bonds.